The van der Waals surface area contributed by atoms with Gasteiger partial charge >= 0.3 is 0 Å². The SMILES string of the molecule is CCN(CC#N)C(=O)c1c2c(nn1CC)[C@H](C)O[C@H](C)C2. The average Bonchev–Trinajstić information content (AvgIpc) is 2.82. The fourth-order valence-corrected chi connectivity index (χ4v) is 2.82. The van der Waals surface area contributed by atoms with Crippen molar-refractivity contribution in [2.45, 2.75) is 52.9 Å². The Hall–Kier alpha value is -1.87. The molecule has 0 saturated carbocycles. The van der Waals surface area contributed by atoms with Crippen LogP contribution in [-0.2, 0) is 17.7 Å². The molecule has 1 aliphatic heterocycles. The van der Waals surface area contributed by atoms with Crippen LogP contribution in [0.5, 0.6) is 0 Å². The Balaban J connectivity index is 2.48. The van der Waals surface area contributed by atoms with E-state index in [9.17, 15) is 4.79 Å². The number of rotatable bonds is 4. The van der Waals surface area contributed by atoms with Crippen molar-refractivity contribution in [3.05, 3.63) is 17.0 Å². The molecule has 0 N–H and O–H groups in total. The van der Waals surface area contributed by atoms with Crippen LogP contribution in [-0.4, -0.2) is 39.8 Å². The van der Waals surface area contributed by atoms with Crippen LogP contribution in [0.15, 0.2) is 0 Å². The molecule has 2 rings (SSSR count). The van der Waals surface area contributed by atoms with Gasteiger partial charge in [0.05, 0.1) is 24.0 Å². The first kappa shape index (κ1) is 15.5. The van der Waals surface area contributed by atoms with E-state index in [1.54, 1.807) is 9.58 Å². The summed E-state index contributed by atoms with van der Waals surface area (Å²) in [5.41, 5.74) is 2.45. The minimum atomic E-state index is -0.115. The number of nitrogens with zero attached hydrogens (tertiary/aromatic N) is 4. The average molecular weight is 290 g/mol. The molecular weight excluding hydrogens is 268 g/mol. The second-order valence-electron chi connectivity index (χ2n) is 5.30. The van der Waals surface area contributed by atoms with Gasteiger partial charge in [-0.05, 0) is 27.7 Å². The topological polar surface area (TPSA) is 71.2 Å². The molecule has 1 aliphatic rings. The van der Waals surface area contributed by atoms with Crippen LogP contribution in [0, 0.1) is 11.3 Å². The Morgan fingerprint density at radius 3 is 2.81 bits per heavy atom. The molecule has 0 fully saturated rings. The van der Waals surface area contributed by atoms with Crippen molar-refractivity contribution in [3.63, 3.8) is 0 Å². The molecule has 6 heteroatoms. The summed E-state index contributed by atoms with van der Waals surface area (Å²) < 4.78 is 7.53. The van der Waals surface area contributed by atoms with E-state index in [0.29, 0.717) is 25.2 Å². The summed E-state index contributed by atoms with van der Waals surface area (Å²) in [4.78, 5) is 14.3. The van der Waals surface area contributed by atoms with E-state index in [4.69, 9.17) is 10.00 Å². The van der Waals surface area contributed by atoms with Crippen LogP contribution in [0.3, 0.4) is 0 Å². The number of hydrogen-bond donors (Lipinski definition) is 0. The monoisotopic (exact) mass is 290 g/mol. The van der Waals surface area contributed by atoms with E-state index in [2.05, 4.69) is 5.10 Å². The van der Waals surface area contributed by atoms with Crippen molar-refractivity contribution in [3.8, 4) is 6.07 Å². The van der Waals surface area contributed by atoms with Gasteiger partial charge in [-0.15, -0.1) is 0 Å². The summed E-state index contributed by atoms with van der Waals surface area (Å²) in [6, 6.07) is 2.05. The van der Waals surface area contributed by atoms with Crippen LogP contribution in [0.25, 0.3) is 0 Å². The fourth-order valence-electron chi connectivity index (χ4n) is 2.82. The van der Waals surface area contributed by atoms with E-state index in [-0.39, 0.29) is 24.7 Å². The molecule has 0 spiro atoms. The third-order valence-electron chi connectivity index (χ3n) is 3.83. The highest BCUT2D eigenvalue weighted by molar-refractivity contribution is 5.94. The van der Waals surface area contributed by atoms with E-state index < -0.39 is 0 Å². The molecule has 1 aromatic rings. The summed E-state index contributed by atoms with van der Waals surface area (Å²) in [6.07, 6.45) is 0.652. The predicted molar refractivity (Wildman–Crippen MR) is 77.8 cm³/mol. The van der Waals surface area contributed by atoms with Crippen molar-refractivity contribution < 1.29 is 9.53 Å². The summed E-state index contributed by atoms with van der Waals surface area (Å²) in [6.45, 7) is 9.04. The lowest BCUT2D eigenvalue weighted by Crippen LogP contribution is -2.34. The Kier molecular flexibility index (Phi) is 4.63. The van der Waals surface area contributed by atoms with Gasteiger partial charge in [0.15, 0.2) is 0 Å². The Morgan fingerprint density at radius 1 is 1.52 bits per heavy atom. The summed E-state index contributed by atoms with van der Waals surface area (Å²) >= 11 is 0. The number of carbonyl (C=O) groups is 1. The number of amides is 1. The lowest BCUT2D eigenvalue weighted by Gasteiger charge is -2.25. The third kappa shape index (κ3) is 2.79. The minimum absolute atomic E-state index is 0.0691. The zero-order chi connectivity index (χ0) is 15.6. The van der Waals surface area contributed by atoms with Gasteiger partial charge in [-0.2, -0.15) is 10.4 Å². The van der Waals surface area contributed by atoms with Crippen LogP contribution < -0.4 is 0 Å². The fraction of sp³-hybridized carbons (Fsp3) is 0.667. The van der Waals surface area contributed by atoms with Crippen LogP contribution >= 0.6 is 0 Å². The van der Waals surface area contributed by atoms with Gasteiger partial charge in [-0.1, -0.05) is 0 Å². The molecule has 0 unspecified atom stereocenters. The van der Waals surface area contributed by atoms with Gasteiger partial charge < -0.3 is 9.64 Å². The highest BCUT2D eigenvalue weighted by atomic mass is 16.5. The zero-order valence-electron chi connectivity index (χ0n) is 13.1. The molecule has 0 aromatic carbocycles. The van der Waals surface area contributed by atoms with Crippen molar-refractivity contribution >= 4 is 5.91 Å². The molecule has 2 atom stereocenters. The maximum atomic E-state index is 12.8. The number of aromatic nitrogens is 2. The van der Waals surface area contributed by atoms with Crippen molar-refractivity contribution in [1.29, 1.82) is 5.26 Å². The van der Waals surface area contributed by atoms with Crippen LogP contribution in [0.2, 0.25) is 0 Å². The number of hydrogen-bond acceptors (Lipinski definition) is 4. The smallest absolute Gasteiger partial charge is 0.273 e. The Bertz CT molecular complexity index is 573. The van der Waals surface area contributed by atoms with Gasteiger partial charge in [0.2, 0.25) is 0 Å². The summed E-state index contributed by atoms with van der Waals surface area (Å²) in [5, 5.41) is 13.4. The van der Waals surface area contributed by atoms with Gasteiger partial charge in [-0.3, -0.25) is 9.48 Å². The largest absolute Gasteiger partial charge is 0.369 e. The zero-order valence-corrected chi connectivity index (χ0v) is 13.1. The van der Waals surface area contributed by atoms with E-state index in [1.165, 1.54) is 0 Å². The molecule has 0 bridgehead atoms. The first-order chi connectivity index (χ1) is 10.0. The van der Waals surface area contributed by atoms with Gasteiger partial charge in [0.25, 0.3) is 5.91 Å². The number of nitriles is 1. The van der Waals surface area contributed by atoms with Crippen LogP contribution in [0.1, 0.15) is 55.5 Å². The quantitative estimate of drug-likeness (QED) is 0.794. The molecule has 0 saturated heterocycles. The minimum Gasteiger partial charge on any atom is -0.369 e. The van der Waals surface area contributed by atoms with Crippen molar-refractivity contribution in [2.75, 3.05) is 13.1 Å². The molecule has 6 nitrogen and oxygen atoms in total. The molecular formula is C15H22N4O2. The molecule has 0 aliphatic carbocycles. The Morgan fingerprint density at radius 2 is 2.24 bits per heavy atom. The highest BCUT2D eigenvalue weighted by Gasteiger charge is 2.33. The Labute approximate surface area is 125 Å². The summed E-state index contributed by atoms with van der Waals surface area (Å²) in [5.74, 6) is -0.115. The van der Waals surface area contributed by atoms with Gasteiger partial charge in [0.1, 0.15) is 12.2 Å². The van der Waals surface area contributed by atoms with Crippen molar-refractivity contribution in [1.82, 2.24) is 14.7 Å². The third-order valence-corrected chi connectivity index (χ3v) is 3.83. The second kappa shape index (κ2) is 6.27. The number of carbonyl (C=O) groups excluding carboxylic acids is 1. The first-order valence-corrected chi connectivity index (χ1v) is 7.44. The van der Waals surface area contributed by atoms with Crippen LogP contribution in [0.4, 0.5) is 0 Å². The van der Waals surface area contributed by atoms with E-state index in [0.717, 1.165) is 11.3 Å². The summed E-state index contributed by atoms with van der Waals surface area (Å²) in [7, 11) is 0. The predicted octanol–water partition coefficient (Wildman–Crippen LogP) is 1.91. The lowest BCUT2D eigenvalue weighted by molar-refractivity contribution is -0.00715. The van der Waals surface area contributed by atoms with Crippen molar-refractivity contribution in [2.24, 2.45) is 0 Å². The highest BCUT2D eigenvalue weighted by Crippen LogP contribution is 2.32. The first-order valence-electron chi connectivity index (χ1n) is 7.44. The molecule has 0 radical (unpaired) electrons. The maximum absolute atomic E-state index is 12.8. The number of aryl methyl sites for hydroxylation is 1. The number of ether oxygens (including phenoxy) is 1. The standard InChI is InChI=1S/C15H22N4O2/c1-5-18(8-7-16)15(20)14-12-9-10(3)21-11(4)13(12)17-19(14)6-2/h10-11H,5-6,8-9H2,1-4H3/t10-,11+/m1/s1. The second-order valence-corrected chi connectivity index (χ2v) is 5.30. The molecule has 1 amide bonds. The molecule has 114 valence electrons. The normalized spacial score (nSPS) is 20.7. The van der Waals surface area contributed by atoms with Gasteiger partial charge in [-0.25, -0.2) is 0 Å². The molecule has 21 heavy (non-hydrogen) atoms. The number of fused-ring (bicyclic) bond motifs is 1. The van der Waals surface area contributed by atoms with E-state index >= 15 is 0 Å². The van der Waals surface area contributed by atoms with Gasteiger partial charge in [0, 0.05) is 25.1 Å². The maximum Gasteiger partial charge on any atom is 0.273 e. The lowest BCUT2D eigenvalue weighted by atomic mass is 9.99. The van der Waals surface area contributed by atoms with E-state index in [1.807, 2.05) is 33.8 Å². The molecule has 2 heterocycles. The molecule has 1 aromatic heterocycles.